The zero-order valence-electron chi connectivity index (χ0n) is 10.5. The van der Waals surface area contributed by atoms with Crippen molar-refractivity contribution in [3.8, 4) is 0 Å². The first-order chi connectivity index (χ1) is 8.28. The molecular weight excluding hydrogens is 210 g/mol. The number of aryl methyl sites for hydroxylation is 1. The Morgan fingerprint density at radius 3 is 2.82 bits per heavy atom. The van der Waals surface area contributed by atoms with Gasteiger partial charge in [0.25, 0.3) is 0 Å². The maximum Gasteiger partial charge on any atom is 0.0659 e. The van der Waals surface area contributed by atoms with Crippen LogP contribution < -0.4 is 5.32 Å². The summed E-state index contributed by atoms with van der Waals surface area (Å²) in [4.78, 5) is 0. The molecule has 0 aliphatic heterocycles. The largest absolute Gasteiger partial charge is 0.313 e. The molecule has 0 bridgehead atoms. The summed E-state index contributed by atoms with van der Waals surface area (Å²) in [6.45, 7) is 6.96. The molecule has 0 atom stereocenters. The lowest BCUT2D eigenvalue weighted by molar-refractivity contribution is 0.682. The summed E-state index contributed by atoms with van der Waals surface area (Å²) in [5, 5.41) is 7.64. The fourth-order valence-corrected chi connectivity index (χ4v) is 1.85. The molecule has 2 aromatic rings. The minimum absolute atomic E-state index is 0.841. The topological polar surface area (TPSA) is 29.9 Å². The monoisotopic (exact) mass is 229 g/mol. The molecule has 1 aromatic heterocycles. The maximum atomic E-state index is 4.30. The summed E-state index contributed by atoms with van der Waals surface area (Å²) in [5.74, 6) is 0. The molecule has 3 heteroatoms. The lowest BCUT2D eigenvalue weighted by Gasteiger charge is -2.06. The summed E-state index contributed by atoms with van der Waals surface area (Å²) in [5.41, 5.74) is 3.82. The van der Waals surface area contributed by atoms with Gasteiger partial charge in [-0.2, -0.15) is 5.10 Å². The first kappa shape index (κ1) is 11.9. The van der Waals surface area contributed by atoms with Crippen LogP contribution in [-0.2, 0) is 13.1 Å². The highest BCUT2D eigenvalue weighted by Gasteiger charge is 1.98. The molecule has 0 aliphatic carbocycles. The minimum Gasteiger partial charge on any atom is -0.313 e. The molecule has 3 nitrogen and oxygen atoms in total. The van der Waals surface area contributed by atoms with Gasteiger partial charge in [0.15, 0.2) is 0 Å². The third kappa shape index (κ3) is 3.43. The number of benzene rings is 1. The van der Waals surface area contributed by atoms with E-state index in [9.17, 15) is 0 Å². The Morgan fingerprint density at radius 2 is 2.12 bits per heavy atom. The second kappa shape index (κ2) is 5.64. The van der Waals surface area contributed by atoms with Crippen molar-refractivity contribution in [3.63, 3.8) is 0 Å². The SMILES string of the molecule is CCNCc1cccc(Cn2cc(C)cn2)c1. The van der Waals surface area contributed by atoms with Crippen LogP contribution in [0.4, 0.5) is 0 Å². The van der Waals surface area contributed by atoms with Crippen molar-refractivity contribution >= 4 is 0 Å². The predicted octanol–water partition coefficient (Wildman–Crippen LogP) is 2.35. The maximum absolute atomic E-state index is 4.30. The third-order valence-electron chi connectivity index (χ3n) is 2.68. The van der Waals surface area contributed by atoms with Crippen LogP contribution in [0, 0.1) is 6.92 Å². The van der Waals surface area contributed by atoms with Gasteiger partial charge >= 0.3 is 0 Å². The predicted molar refractivity (Wildman–Crippen MR) is 69.9 cm³/mol. The molecule has 0 unspecified atom stereocenters. The molecule has 1 N–H and O–H groups in total. The molecule has 0 fully saturated rings. The number of rotatable bonds is 5. The normalized spacial score (nSPS) is 10.7. The third-order valence-corrected chi connectivity index (χ3v) is 2.68. The number of nitrogens with one attached hydrogen (secondary N) is 1. The molecule has 1 heterocycles. The molecule has 90 valence electrons. The number of nitrogens with zero attached hydrogens (tertiary/aromatic N) is 2. The summed E-state index contributed by atoms with van der Waals surface area (Å²) in [7, 11) is 0. The molecule has 0 aliphatic rings. The molecule has 0 spiro atoms. The highest BCUT2D eigenvalue weighted by atomic mass is 15.3. The van der Waals surface area contributed by atoms with Gasteiger partial charge in [-0.1, -0.05) is 31.2 Å². The smallest absolute Gasteiger partial charge is 0.0659 e. The second-order valence-corrected chi connectivity index (χ2v) is 4.32. The summed E-state index contributed by atoms with van der Waals surface area (Å²) >= 11 is 0. The Bertz CT molecular complexity index is 474. The van der Waals surface area contributed by atoms with Gasteiger partial charge in [0, 0.05) is 12.7 Å². The van der Waals surface area contributed by atoms with E-state index in [2.05, 4.69) is 54.7 Å². The van der Waals surface area contributed by atoms with E-state index in [0.717, 1.165) is 19.6 Å². The van der Waals surface area contributed by atoms with Crippen LogP contribution in [0.15, 0.2) is 36.7 Å². The second-order valence-electron chi connectivity index (χ2n) is 4.32. The van der Waals surface area contributed by atoms with Gasteiger partial charge in [-0.3, -0.25) is 4.68 Å². The van der Waals surface area contributed by atoms with E-state index in [4.69, 9.17) is 0 Å². The van der Waals surface area contributed by atoms with Crippen LogP contribution in [0.1, 0.15) is 23.6 Å². The van der Waals surface area contributed by atoms with Crippen LogP contribution in [0.25, 0.3) is 0 Å². The van der Waals surface area contributed by atoms with Crippen molar-refractivity contribution < 1.29 is 0 Å². The molecule has 0 amide bonds. The van der Waals surface area contributed by atoms with E-state index in [1.165, 1.54) is 16.7 Å². The zero-order valence-corrected chi connectivity index (χ0v) is 10.5. The minimum atomic E-state index is 0.841. The van der Waals surface area contributed by atoms with Gasteiger partial charge in [0.2, 0.25) is 0 Å². The molecule has 17 heavy (non-hydrogen) atoms. The first-order valence-corrected chi connectivity index (χ1v) is 6.05. The van der Waals surface area contributed by atoms with Gasteiger partial charge in [-0.05, 0) is 30.2 Å². The van der Waals surface area contributed by atoms with Crippen molar-refractivity contribution in [1.29, 1.82) is 0 Å². The Labute approximate surface area is 102 Å². The van der Waals surface area contributed by atoms with Gasteiger partial charge in [0.1, 0.15) is 0 Å². The Hall–Kier alpha value is -1.61. The fourth-order valence-electron chi connectivity index (χ4n) is 1.85. The van der Waals surface area contributed by atoms with Crippen molar-refractivity contribution in [1.82, 2.24) is 15.1 Å². The Kier molecular flexibility index (Phi) is 3.94. The van der Waals surface area contributed by atoms with Crippen molar-refractivity contribution in [3.05, 3.63) is 53.3 Å². The molecule has 0 radical (unpaired) electrons. The van der Waals surface area contributed by atoms with E-state index in [1.807, 2.05) is 10.9 Å². The van der Waals surface area contributed by atoms with E-state index >= 15 is 0 Å². The molecule has 2 rings (SSSR count). The first-order valence-electron chi connectivity index (χ1n) is 6.05. The Morgan fingerprint density at radius 1 is 1.29 bits per heavy atom. The van der Waals surface area contributed by atoms with Gasteiger partial charge < -0.3 is 5.32 Å². The van der Waals surface area contributed by atoms with Crippen LogP contribution in [0.3, 0.4) is 0 Å². The lowest BCUT2D eigenvalue weighted by atomic mass is 10.1. The van der Waals surface area contributed by atoms with Crippen LogP contribution in [-0.4, -0.2) is 16.3 Å². The van der Waals surface area contributed by atoms with Gasteiger partial charge in [-0.15, -0.1) is 0 Å². The average molecular weight is 229 g/mol. The van der Waals surface area contributed by atoms with Crippen LogP contribution >= 0.6 is 0 Å². The number of hydrogen-bond acceptors (Lipinski definition) is 2. The fraction of sp³-hybridized carbons (Fsp3) is 0.357. The summed E-state index contributed by atoms with van der Waals surface area (Å²) < 4.78 is 1.97. The van der Waals surface area contributed by atoms with Crippen LogP contribution in [0.5, 0.6) is 0 Å². The summed E-state index contributed by atoms with van der Waals surface area (Å²) in [6.07, 6.45) is 3.96. The highest BCUT2D eigenvalue weighted by Crippen LogP contribution is 2.07. The van der Waals surface area contributed by atoms with E-state index < -0.39 is 0 Å². The van der Waals surface area contributed by atoms with E-state index in [-0.39, 0.29) is 0 Å². The standard InChI is InChI=1S/C14H19N3/c1-3-15-9-13-5-4-6-14(7-13)11-17-10-12(2)8-16-17/h4-8,10,15H,3,9,11H2,1-2H3. The number of hydrogen-bond donors (Lipinski definition) is 1. The van der Waals surface area contributed by atoms with Gasteiger partial charge in [-0.25, -0.2) is 0 Å². The van der Waals surface area contributed by atoms with E-state index in [0.29, 0.717) is 0 Å². The quantitative estimate of drug-likeness (QED) is 0.853. The van der Waals surface area contributed by atoms with Gasteiger partial charge in [0.05, 0.1) is 12.7 Å². The van der Waals surface area contributed by atoms with Crippen molar-refractivity contribution in [2.24, 2.45) is 0 Å². The van der Waals surface area contributed by atoms with Crippen molar-refractivity contribution in [2.75, 3.05) is 6.54 Å². The van der Waals surface area contributed by atoms with Crippen molar-refractivity contribution in [2.45, 2.75) is 26.9 Å². The zero-order chi connectivity index (χ0) is 12.1. The average Bonchev–Trinajstić information content (AvgIpc) is 2.73. The number of aromatic nitrogens is 2. The Balaban J connectivity index is 2.05. The molecular formula is C14H19N3. The lowest BCUT2D eigenvalue weighted by Crippen LogP contribution is -2.12. The van der Waals surface area contributed by atoms with E-state index in [1.54, 1.807) is 0 Å². The molecule has 1 aromatic carbocycles. The highest BCUT2D eigenvalue weighted by molar-refractivity contribution is 5.23. The van der Waals surface area contributed by atoms with Crippen LogP contribution in [0.2, 0.25) is 0 Å². The summed E-state index contributed by atoms with van der Waals surface area (Å²) in [6, 6.07) is 8.64. The molecule has 0 saturated carbocycles. The molecule has 0 saturated heterocycles.